The highest BCUT2D eigenvalue weighted by molar-refractivity contribution is 7.11. The highest BCUT2D eigenvalue weighted by Gasteiger charge is 2.52. The Labute approximate surface area is 169 Å². The number of carboxylic acids is 1. The Kier molecular flexibility index (Phi) is 5.53. The van der Waals surface area contributed by atoms with Crippen molar-refractivity contribution >= 4 is 17.3 Å². The molecule has 8 heteroatoms. The van der Waals surface area contributed by atoms with E-state index in [1.807, 2.05) is 11.3 Å². The minimum Gasteiger partial charge on any atom is -0.481 e. The summed E-state index contributed by atoms with van der Waals surface area (Å²) in [6, 6.07) is 4.40. The minimum absolute atomic E-state index is 0.0678. The molecule has 0 saturated carbocycles. The average Bonchev–Trinajstić information content (AvgIpc) is 3.38. The molecule has 152 valence electrons. The van der Waals surface area contributed by atoms with Gasteiger partial charge in [-0.25, -0.2) is 4.98 Å². The summed E-state index contributed by atoms with van der Waals surface area (Å²) in [4.78, 5) is 23.5. The van der Waals surface area contributed by atoms with Crippen LogP contribution in [-0.2, 0) is 24.3 Å². The van der Waals surface area contributed by atoms with Crippen LogP contribution < -0.4 is 0 Å². The fraction of sp³-hybridized carbons (Fsp3) is 0.650. The molecule has 2 unspecified atom stereocenters. The van der Waals surface area contributed by atoms with E-state index in [0.29, 0.717) is 5.92 Å². The van der Waals surface area contributed by atoms with Crippen LogP contribution in [0.1, 0.15) is 41.2 Å². The summed E-state index contributed by atoms with van der Waals surface area (Å²) in [6.07, 6.45) is 1.83. The number of hydrogen-bond donors (Lipinski definition) is 2. The van der Waals surface area contributed by atoms with Gasteiger partial charge in [0.1, 0.15) is 11.6 Å². The Bertz CT molecular complexity index is 834. The van der Waals surface area contributed by atoms with E-state index in [4.69, 9.17) is 0 Å². The number of H-pyrrole nitrogens is 1. The van der Waals surface area contributed by atoms with Gasteiger partial charge in [-0.1, -0.05) is 6.92 Å². The summed E-state index contributed by atoms with van der Waals surface area (Å²) in [5, 5.41) is 16.6. The van der Waals surface area contributed by atoms with E-state index in [-0.39, 0.29) is 11.8 Å². The van der Waals surface area contributed by atoms with Crippen LogP contribution in [0.25, 0.3) is 0 Å². The standard InChI is InChI=1S/C20H29N5O2S/c1-3-17-21-18(23-22-17)11-25-9-15-8-24(10-16-5-4-14(2)28-16)12-20(15,13-25)7-6-19(26)27/h4-5,15H,3,6-13H2,1-2H3,(H,26,27)(H,21,22,23). The van der Waals surface area contributed by atoms with Gasteiger partial charge in [-0.3, -0.25) is 19.7 Å². The Balaban J connectivity index is 1.43. The normalized spacial score (nSPS) is 25.4. The SMILES string of the molecule is CCc1n[nH]c(CN2CC3CN(Cc4ccc(C)s4)CC3(CCC(=O)O)C2)n1. The topological polar surface area (TPSA) is 85.4 Å². The molecule has 0 bridgehead atoms. The number of hydrogen-bond acceptors (Lipinski definition) is 6. The van der Waals surface area contributed by atoms with Crippen molar-refractivity contribution in [3.63, 3.8) is 0 Å². The second-order valence-electron chi connectivity index (χ2n) is 8.36. The lowest BCUT2D eigenvalue weighted by atomic mass is 9.77. The molecule has 0 amide bonds. The molecule has 2 aromatic rings. The Morgan fingerprint density at radius 3 is 2.68 bits per heavy atom. The first-order chi connectivity index (χ1) is 13.5. The van der Waals surface area contributed by atoms with Gasteiger partial charge in [0.25, 0.3) is 0 Å². The zero-order valence-electron chi connectivity index (χ0n) is 16.6. The zero-order chi connectivity index (χ0) is 19.7. The first-order valence-corrected chi connectivity index (χ1v) is 10.9. The number of rotatable bonds is 8. The van der Waals surface area contributed by atoms with Crippen LogP contribution in [0.3, 0.4) is 0 Å². The molecule has 4 heterocycles. The fourth-order valence-electron chi connectivity index (χ4n) is 4.92. The molecule has 2 atom stereocenters. The number of carboxylic acid groups (broad SMARTS) is 1. The van der Waals surface area contributed by atoms with E-state index in [1.165, 1.54) is 9.75 Å². The van der Waals surface area contributed by atoms with Crippen LogP contribution in [0.5, 0.6) is 0 Å². The van der Waals surface area contributed by atoms with Crippen molar-refractivity contribution in [1.82, 2.24) is 25.0 Å². The Morgan fingerprint density at radius 1 is 1.32 bits per heavy atom. The first kappa shape index (κ1) is 19.5. The fourth-order valence-corrected chi connectivity index (χ4v) is 5.85. The maximum atomic E-state index is 11.3. The molecule has 2 saturated heterocycles. The van der Waals surface area contributed by atoms with Crippen molar-refractivity contribution < 1.29 is 9.90 Å². The van der Waals surface area contributed by atoms with E-state index in [0.717, 1.165) is 63.8 Å². The number of aromatic nitrogens is 3. The number of nitrogens with zero attached hydrogens (tertiary/aromatic N) is 4. The molecule has 2 aromatic heterocycles. The first-order valence-electron chi connectivity index (χ1n) is 10.1. The lowest BCUT2D eigenvalue weighted by Gasteiger charge is -2.29. The monoisotopic (exact) mass is 403 g/mol. The number of aromatic amines is 1. The summed E-state index contributed by atoms with van der Waals surface area (Å²) in [5.41, 5.74) is 0.0678. The molecule has 2 aliphatic heterocycles. The van der Waals surface area contributed by atoms with Gasteiger partial charge in [0.2, 0.25) is 0 Å². The number of thiophene rings is 1. The molecule has 4 rings (SSSR count). The van der Waals surface area contributed by atoms with Crippen LogP contribution in [0, 0.1) is 18.3 Å². The molecule has 0 aliphatic carbocycles. The van der Waals surface area contributed by atoms with Crippen molar-refractivity contribution in [2.75, 3.05) is 26.2 Å². The third kappa shape index (κ3) is 4.14. The third-order valence-corrected chi connectivity index (χ3v) is 7.17. The molecule has 2 N–H and O–H groups in total. The van der Waals surface area contributed by atoms with Crippen LogP contribution in [0.15, 0.2) is 12.1 Å². The van der Waals surface area contributed by atoms with Crippen molar-refractivity contribution in [2.24, 2.45) is 11.3 Å². The lowest BCUT2D eigenvalue weighted by molar-refractivity contribution is -0.137. The maximum absolute atomic E-state index is 11.3. The minimum atomic E-state index is -0.693. The zero-order valence-corrected chi connectivity index (χ0v) is 17.5. The van der Waals surface area contributed by atoms with E-state index >= 15 is 0 Å². The van der Waals surface area contributed by atoms with E-state index < -0.39 is 5.97 Å². The quantitative estimate of drug-likeness (QED) is 0.705. The molecular weight excluding hydrogens is 374 g/mol. The van der Waals surface area contributed by atoms with E-state index in [9.17, 15) is 9.90 Å². The van der Waals surface area contributed by atoms with E-state index in [2.05, 4.69) is 51.0 Å². The van der Waals surface area contributed by atoms with Gasteiger partial charge >= 0.3 is 5.97 Å². The van der Waals surface area contributed by atoms with Crippen LogP contribution >= 0.6 is 11.3 Å². The van der Waals surface area contributed by atoms with Crippen LogP contribution in [0.2, 0.25) is 0 Å². The predicted octanol–water partition coefficient (Wildman–Crippen LogP) is 2.54. The molecular formula is C20H29N5O2S. The second kappa shape index (κ2) is 7.93. The van der Waals surface area contributed by atoms with Gasteiger partial charge in [0.15, 0.2) is 0 Å². The number of aliphatic carboxylic acids is 1. The maximum Gasteiger partial charge on any atom is 0.303 e. The van der Waals surface area contributed by atoms with Crippen LogP contribution in [-0.4, -0.2) is 62.2 Å². The van der Waals surface area contributed by atoms with Gasteiger partial charge in [0.05, 0.1) is 6.54 Å². The summed E-state index contributed by atoms with van der Waals surface area (Å²) in [5.74, 6) is 1.59. The van der Waals surface area contributed by atoms with Crippen molar-refractivity contribution in [2.45, 2.75) is 46.2 Å². The Morgan fingerprint density at radius 2 is 2.07 bits per heavy atom. The molecule has 2 fully saturated rings. The molecule has 0 spiro atoms. The predicted molar refractivity (Wildman–Crippen MR) is 108 cm³/mol. The van der Waals surface area contributed by atoms with Gasteiger partial charge in [-0.2, -0.15) is 5.10 Å². The van der Waals surface area contributed by atoms with Crippen molar-refractivity contribution in [1.29, 1.82) is 0 Å². The lowest BCUT2D eigenvalue weighted by Crippen LogP contribution is -2.34. The third-order valence-electron chi connectivity index (χ3n) is 6.18. The van der Waals surface area contributed by atoms with Gasteiger partial charge in [-0.05, 0) is 31.4 Å². The summed E-state index contributed by atoms with van der Waals surface area (Å²) < 4.78 is 0. The Hall–Kier alpha value is -1.77. The highest BCUT2D eigenvalue weighted by atomic mass is 32.1. The number of fused-ring (bicyclic) bond motifs is 1. The molecule has 2 aliphatic rings. The number of likely N-dealkylation sites (tertiary alicyclic amines) is 2. The number of carbonyl (C=O) groups is 1. The highest BCUT2D eigenvalue weighted by Crippen LogP contribution is 2.46. The molecule has 7 nitrogen and oxygen atoms in total. The van der Waals surface area contributed by atoms with Crippen molar-refractivity contribution in [3.05, 3.63) is 33.5 Å². The summed E-state index contributed by atoms with van der Waals surface area (Å²) in [7, 11) is 0. The smallest absolute Gasteiger partial charge is 0.303 e. The van der Waals surface area contributed by atoms with E-state index in [1.54, 1.807) is 0 Å². The molecule has 0 aromatic carbocycles. The summed E-state index contributed by atoms with van der Waals surface area (Å²) in [6.45, 7) is 9.91. The molecule has 28 heavy (non-hydrogen) atoms. The molecule has 0 radical (unpaired) electrons. The van der Waals surface area contributed by atoms with Gasteiger partial charge < -0.3 is 5.11 Å². The second-order valence-corrected chi connectivity index (χ2v) is 9.73. The number of nitrogens with one attached hydrogen (secondary N) is 1. The van der Waals surface area contributed by atoms with Crippen LogP contribution in [0.4, 0.5) is 0 Å². The van der Waals surface area contributed by atoms with Gasteiger partial charge in [-0.15, -0.1) is 11.3 Å². The summed E-state index contributed by atoms with van der Waals surface area (Å²) >= 11 is 1.86. The largest absolute Gasteiger partial charge is 0.481 e. The van der Waals surface area contributed by atoms with Crippen molar-refractivity contribution in [3.8, 4) is 0 Å². The van der Waals surface area contributed by atoms with Gasteiger partial charge in [0, 0.05) is 60.7 Å². The number of aryl methyl sites for hydroxylation is 2. The average molecular weight is 404 g/mol.